The SMILES string of the molecule is COc1cc(C)c(C(=O)CCCl)cc1C(C)(C)C. The van der Waals surface area contributed by atoms with Crippen LogP contribution in [0.4, 0.5) is 0 Å². The highest BCUT2D eigenvalue weighted by atomic mass is 35.5. The summed E-state index contributed by atoms with van der Waals surface area (Å²) in [5.41, 5.74) is 2.68. The molecular formula is C15H21ClO2. The molecule has 0 atom stereocenters. The van der Waals surface area contributed by atoms with Crippen LogP contribution in [0.15, 0.2) is 12.1 Å². The van der Waals surface area contributed by atoms with Crippen LogP contribution in [0.2, 0.25) is 0 Å². The molecule has 0 saturated carbocycles. The molecule has 0 aliphatic rings. The Morgan fingerprint density at radius 3 is 2.39 bits per heavy atom. The standard InChI is InChI=1S/C15H21ClO2/c1-10-8-14(18-5)12(15(2,3)4)9-11(10)13(17)6-7-16/h8-9H,6-7H2,1-5H3. The van der Waals surface area contributed by atoms with E-state index >= 15 is 0 Å². The molecule has 0 saturated heterocycles. The highest BCUT2D eigenvalue weighted by Gasteiger charge is 2.22. The third-order valence-electron chi connectivity index (χ3n) is 2.98. The van der Waals surface area contributed by atoms with Crippen molar-refractivity contribution in [1.82, 2.24) is 0 Å². The van der Waals surface area contributed by atoms with Crippen LogP contribution in [0.1, 0.15) is 48.7 Å². The zero-order valence-electron chi connectivity index (χ0n) is 11.8. The summed E-state index contributed by atoms with van der Waals surface area (Å²) >= 11 is 5.64. The van der Waals surface area contributed by atoms with Gasteiger partial charge in [0.15, 0.2) is 5.78 Å². The Kier molecular flexibility index (Phi) is 4.80. The van der Waals surface area contributed by atoms with Crippen LogP contribution in [0.25, 0.3) is 0 Å². The van der Waals surface area contributed by atoms with Crippen molar-refractivity contribution in [3.8, 4) is 5.75 Å². The van der Waals surface area contributed by atoms with Crippen LogP contribution in [-0.2, 0) is 5.41 Å². The number of hydrogen-bond acceptors (Lipinski definition) is 2. The van der Waals surface area contributed by atoms with Crippen LogP contribution >= 0.6 is 11.6 Å². The lowest BCUT2D eigenvalue weighted by Gasteiger charge is -2.23. The first-order valence-corrected chi connectivity index (χ1v) is 6.63. The Morgan fingerprint density at radius 2 is 1.94 bits per heavy atom. The first kappa shape index (κ1) is 15.0. The molecule has 1 aromatic rings. The van der Waals surface area contributed by atoms with Gasteiger partial charge in [0.1, 0.15) is 5.75 Å². The predicted octanol–water partition coefficient (Wildman–Crippen LogP) is 4.11. The first-order valence-electron chi connectivity index (χ1n) is 6.09. The van der Waals surface area contributed by atoms with Gasteiger partial charge in [0.25, 0.3) is 0 Å². The molecule has 0 aliphatic heterocycles. The number of carbonyl (C=O) groups is 1. The zero-order chi connectivity index (χ0) is 13.9. The van der Waals surface area contributed by atoms with Gasteiger partial charge in [-0.3, -0.25) is 4.79 Å². The van der Waals surface area contributed by atoms with Gasteiger partial charge in [-0.15, -0.1) is 11.6 Å². The average Bonchev–Trinajstić information content (AvgIpc) is 2.27. The van der Waals surface area contributed by atoms with Gasteiger partial charge in [-0.25, -0.2) is 0 Å². The number of hydrogen-bond donors (Lipinski definition) is 0. The normalized spacial score (nSPS) is 11.4. The molecule has 0 N–H and O–H groups in total. The summed E-state index contributed by atoms with van der Waals surface area (Å²) in [7, 11) is 1.66. The quantitative estimate of drug-likeness (QED) is 0.607. The third kappa shape index (κ3) is 3.26. The summed E-state index contributed by atoms with van der Waals surface area (Å²) in [6.45, 7) is 8.25. The maximum atomic E-state index is 12.0. The summed E-state index contributed by atoms with van der Waals surface area (Å²) in [6, 6.07) is 3.88. The van der Waals surface area contributed by atoms with Crippen LogP contribution in [0.5, 0.6) is 5.75 Å². The fourth-order valence-corrected chi connectivity index (χ4v) is 2.13. The summed E-state index contributed by atoms with van der Waals surface area (Å²) < 4.78 is 5.41. The third-order valence-corrected chi connectivity index (χ3v) is 3.17. The largest absolute Gasteiger partial charge is 0.496 e. The number of alkyl halides is 1. The van der Waals surface area contributed by atoms with Gasteiger partial charge in [0, 0.05) is 23.4 Å². The van der Waals surface area contributed by atoms with Crippen molar-refractivity contribution >= 4 is 17.4 Å². The van der Waals surface area contributed by atoms with E-state index in [4.69, 9.17) is 16.3 Å². The van der Waals surface area contributed by atoms with Gasteiger partial charge in [-0.1, -0.05) is 20.8 Å². The lowest BCUT2D eigenvalue weighted by molar-refractivity contribution is 0.0988. The molecule has 2 nitrogen and oxygen atoms in total. The van der Waals surface area contributed by atoms with E-state index in [0.29, 0.717) is 12.3 Å². The number of ether oxygens (including phenoxy) is 1. The topological polar surface area (TPSA) is 26.3 Å². The van der Waals surface area contributed by atoms with E-state index < -0.39 is 0 Å². The van der Waals surface area contributed by atoms with Crippen LogP contribution in [0.3, 0.4) is 0 Å². The van der Waals surface area contributed by atoms with Gasteiger partial charge in [0.05, 0.1) is 7.11 Å². The predicted molar refractivity (Wildman–Crippen MR) is 76.1 cm³/mol. The van der Waals surface area contributed by atoms with Crippen molar-refractivity contribution in [1.29, 1.82) is 0 Å². The summed E-state index contributed by atoms with van der Waals surface area (Å²) in [4.78, 5) is 12.0. The van der Waals surface area contributed by atoms with Crippen LogP contribution < -0.4 is 4.74 Å². The van der Waals surface area contributed by atoms with Gasteiger partial charge in [0.2, 0.25) is 0 Å². The lowest BCUT2D eigenvalue weighted by Crippen LogP contribution is -2.15. The molecule has 0 fully saturated rings. The minimum Gasteiger partial charge on any atom is -0.496 e. The molecule has 1 aromatic carbocycles. The second-order valence-electron chi connectivity index (χ2n) is 5.48. The number of Topliss-reactive ketones (excluding diaryl/α,β-unsaturated/α-hetero) is 1. The van der Waals surface area contributed by atoms with Crippen molar-refractivity contribution in [2.24, 2.45) is 0 Å². The van der Waals surface area contributed by atoms with E-state index in [0.717, 1.165) is 22.4 Å². The first-order chi connectivity index (χ1) is 8.31. The molecule has 0 radical (unpaired) electrons. The van der Waals surface area contributed by atoms with Crippen LogP contribution in [-0.4, -0.2) is 18.8 Å². The highest BCUT2D eigenvalue weighted by Crippen LogP contribution is 2.34. The van der Waals surface area contributed by atoms with E-state index in [1.54, 1.807) is 7.11 Å². The van der Waals surface area contributed by atoms with Crippen LogP contribution in [0, 0.1) is 6.92 Å². The Morgan fingerprint density at radius 1 is 1.33 bits per heavy atom. The maximum absolute atomic E-state index is 12.0. The van der Waals surface area contributed by atoms with Crippen molar-refractivity contribution in [3.05, 3.63) is 28.8 Å². The van der Waals surface area contributed by atoms with Gasteiger partial charge < -0.3 is 4.74 Å². The lowest BCUT2D eigenvalue weighted by atomic mass is 9.83. The van der Waals surface area contributed by atoms with Gasteiger partial charge in [-0.2, -0.15) is 0 Å². The number of ketones is 1. The Balaban J connectivity index is 3.35. The number of aryl methyl sites for hydroxylation is 1. The second-order valence-corrected chi connectivity index (χ2v) is 5.86. The number of halogens is 1. The minimum atomic E-state index is -0.0605. The van der Waals surface area contributed by atoms with Crippen molar-refractivity contribution in [2.75, 3.05) is 13.0 Å². The molecule has 100 valence electrons. The fraction of sp³-hybridized carbons (Fsp3) is 0.533. The molecule has 0 heterocycles. The van der Waals surface area contributed by atoms with E-state index in [-0.39, 0.29) is 11.2 Å². The van der Waals surface area contributed by atoms with E-state index in [1.807, 2.05) is 19.1 Å². The Bertz CT molecular complexity index is 445. The molecular weight excluding hydrogens is 248 g/mol. The molecule has 0 aliphatic carbocycles. The monoisotopic (exact) mass is 268 g/mol. The number of benzene rings is 1. The van der Waals surface area contributed by atoms with E-state index in [2.05, 4.69) is 20.8 Å². The van der Waals surface area contributed by atoms with Gasteiger partial charge in [-0.05, 0) is 30.0 Å². The molecule has 1 rings (SSSR count). The molecule has 0 amide bonds. The second kappa shape index (κ2) is 5.75. The highest BCUT2D eigenvalue weighted by molar-refractivity contribution is 6.19. The molecule has 0 bridgehead atoms. The smallest absolute Gasteiger partial charge is 0.164 e. The summed E-state index contributed by atoms with van der Waals surface area (Å²) in [6.07, 6.45) is 0.373. The van der Waals surface area contributed by atoms with Crippen molar-refractivity contribution < 1.29 is 9.53 Å². The van der Waals surface area contributed by atoms with Gasteiger partial charge >= 0.3 is 0 Å². The molecule has 3 heteroatoms. The molecule has 0 aromatic heterocycles. The Hall–Kier alpha value is -1.02. The number of carbonyl (C=O) groups excluding carboxylic acids is 1. The summed E-state index contributed by atoms with van der Waals surface area (Å²) in [5.74, 6) is 1.29. The fourth-order valence-electron chi connectivity index (χ4n) is 1.96. The van der Waals surface area contributed by atoms with E-state index in [1.165, 1.54) is 0 Å². The summed E-state index contributed by atoms with van der Waals surface area (Å²) in [5, 5.41) is 0. The van der Waals surface area contributed by atoms with Crippen molar-refractivity contribution in [3.63, 3.8) is 0 Å². The molecule has 0 spiro atoms. The zero-order valence-corrected chi connectivity index (χ0v) is 12.5. The Labute approximate surface area is 114 Å². The number of methoxy groups -OCH3 is 1. The number of rotatable bonds is 4. The minimum absolute atomic E-state index is 0.0605. The molecule has 0 unspecified atom stereocenters. The van der Waals surface area contributed by atoms with E-state index in [9.17, 15) is 4.79 Å². The maximum Gasteiger partial charge on any atom is 0.164 e. The van der Waals surface area contributed by atoms with Crippen molar-refractivity contribution in [2.45, 2.75) is 39.5 Å². The molecule has 18 heavy (non-hydrogen) atoms. The average molecular weight is 269 g/mol.